The lowest BCUT2D eigenvalue weighted by Gasteiger charge is -2.39. The van der Waals surface area contributed by atoms with Crippen LogP contribution in [0.2, 0.25) is 5.02 Å². The first-order chi connectivity index (χ1) is 9.34. The van der Waals surface area contributed by atoms with Gasteiger partial charge in [-0.15, -0.1) is 0 Å². The van der Waals surface area contributed by atoms with Crippen LogP contribution in [0.3, 0.4) is 0 Å². The van der Waals surface area contributed by atoms with Crippen LogP contribution in [0.25, 0.3) is 0 Å². The van der Waals surface area contributed by atoms with E-state index >= 15 is 0 Å². The maximum atomic E-state index is 12.4. The third-order valence-corrected chi connectivity index (χ3v) is 6.46. The summed E-state index contributed by atoms with van der Waals surface area (Å²) in [6.07, 6.45) is 3.63. The van der Waals surface area contributed by atoms with E-state index in [2.05, 4.69) is 26.1 Å². The molecule has 0 saturated heterocycles. The Kier molecular flexibility index (Phi) is 3.13. The highest BCUT2D eigenvalue weighted by Gasteiger charge is 2.61. The maximum absolute atomic E-state index is 12.4. The van der Waals surface area contributed by atoms with E-state index in [0.29, 0.717) is 22.0 Å². The van der Waals surface area contributed by atoms with Crippen LogP contribution in [-0.2, 0) is 0 Å². The molecule has 108 valence electrons. The first-order valence-electron chi connectivity index (χ1n) is 7.41. The third-order valence-electron chi connectivity index (χ3n) is 6.21. The van der Waals surface area contributed by atoms with Crippen molar-refractivity contribution in [1.29, 1.82) is 0 Å². The number of benzene rings is 1. The monoisotopic (exact) mass is 291 g/mol. The number of hydrogen-bond donors (Lipinski definition) is 1. The van der Waals surface area contributed by atoms with Gasteiger partial charge < -0.3 is 5.32 Å². The van der Waals surface area contributed by atoms with E-state index in [1.165, 1.54) is 12.8 Å². The van der Waals surface area contributed by atoms with Gasteiger partial charge in [-0.05, 0) is 60.3 Å². The largest absolute Gasteiger partial charge is 0.349 e. The topological polar surface area (TPSA) is 29.1 Å². The van der Waals surface area contributed by atoms with Crippen LogP contribution >= 0.6 is 11.6 Å². The Balaban J connectivity index is 1.76. The fourth-order valence-corrected chi connectivity index (χ4v) is 4.39. The van der Waals surface area contributed by atoms with Crippen LogP contribution in [0.15, 0.2) is 24.3 Å². The molecule has 2 fully saturated rings. The van der Waals surface area contributed by atoms with Crippen molar-refractivity contribution >= 4 is 17.5 Å². The van der Waals surface area contributed by atoms with Crippen molar-refractivity contribution in [3.05, 3.63) is 34.9 Å². The summed E-state index contributed by atoms with van der Waals surface area (Å²) in [5.41, 5.74) is 1.24. The third kappa shape index (κ3) is 1.88. The van der Waals surface area contributed by atoms with Crippen LogP contribution in [0.1, 0.15) is 50.4 Å². The molecule has 3 rings (SSSR count). The van der Waals surface area contributed by atoms with Crippen LogP contribution in [0.5, 0.6) is 0 Å². The fraction of sp³-hybridized carbons (Fsp3) is 0.588. The Morgan fingerprint density at radius 1 is 1.25 bits per heavy atom. The molecule has 2 aliphatic rings. The smallest absolute Gasteiger partial charge is 0.251 e. The molecule has 3 unspecified atom stereocenters. The highest BCUT2D eigenvalue weighted by Crippen LogP contribution is 2.65. The van der Waals surface area contributed by atoms with E-state index in [0.717, 1.165) is 12.3 Å². The van der Waals surface area contributed by atoms with Crippen LogP contribution in [0.4, 0.5) is 0 Å². The molecule has 1 N–H and O–H groups in total. The summed E-state index contributed by atoms with van der Waals surface area (Å²) in [6, 6.07) is 7.40. The van der Waals surface area contributed by atoms with Gasteiger partial charge in [0.15, 0.2) is 0 Å². The van der Waals surface area contributed by atoms with E-state index in [1.54, 1.807) is 24.3 Å². The van der Waals surface area contributed by atoms with Gasteiger partial charge in [-0.3, -0.25) is 4.79 Å². The van der Waals surface area contributed by atoms with Crippen LogP contribution in [0, 0.1) is 16.7 Å². The molecule has 0 heterocycles. The molecule has 2 saturated carbocycles. The molecule has 0 radical (unpaired) electrons. The minimum absolute atomic E-state index is 0.0243. The number of carbonyl (C=O) groups excluding carboxylic acids is 1. The SMILES string of the molecule is CC1(C)C2CCC1(C)C(NC(=O)c1ccc(Cl)cc1)C2. The Morgan fingerprint density at radius 2 is 1.90 bits per heavy atom. The van der Waals surface area contributed by atoms with Crippen molar-refractivity contribution < 1.29 is 4.79 Å². The lowest BCUT2D eigenvalue weighted by molar-refractivity contribution is 0.0826. The molecule has 3 atom stereocenters. The Hall–Kier alpha value is -1.02. The summed E-state index contributed by atoms with van der Waals surface area (Å²) in [7, 11) is 0. The van der Waals surface area contributed by atoms with Crippen molar-refractivity contribution in [2.24, 2.45) is 16.7 Å². The van der Waals surface area contributed by atoms with Crippen molar-refractivity contribution in [2.45, 2.75) is 46.1 Å². The zero-order chi connectivity index (χ0) is 14.5. The van der Waals surface area contributed by atoms with Crippen molar-refractivity contribution in [1.82, 2.24) is 5.32 Å². The van der Waals surface area contributed by atoms with Crippen LogP contribution < -0.4 is 5.32 Å². The molecular formula is C17H22ClNO. The molecule has 1 aromatic rings. The van der Waals surface area contributed by atoms with E-state index in [-0.39, 0.29) is 11.3 Å². The molecular weight excluding hydrogens is 270 g/mol. The van der Waals surface area contributed by atoms with Gasteiger partial charge in [0.2, 0.25) is 0 Å². The average Bonchev–Trinajstić information content (AvgIpc) is 2.72. The first kappa shape index (κ1) is 13.9. The predicted molar refractivity (Wildman–Crippen MR) is 81.9 cm³/mol. The molecule has 3 heteroatoms. The summed E-state index contributed by atoms with van der Waals surface area (Å²) >= 11 is 5.87. The van der Waals surface area contributed by atoms with E-state index < -0.39 is 0 Å². The minimum atomic E-state index is 0.0243. The van der Waals surface area contributed by atoms with Gasteiger partial charge in [0.1, 0.15) is 0 Å². The van der Waals surface area contributed by atoms with Gasteiger partial charge in [0, 0.05) is 16.6 Å². The van der Waals surface area contributed by atoms with Crippen molar-refractivity contribution in [3.8, 4) is 0 Å². The normalized spacial score (nSPS) is 34.2. The summed E-state index contributed by atoms with van der Waals surface area (Å²) in [6.45, 7) is 7.06. The zero-order valence-corrected chi connectivity index (χ0v) is 13.1. The average molecular weight is 292 g/mol. The second-order valence-corrected chi connectivity index (χ2v) is 7.58. The molecule has 0 aromatic heterocycles. The molecule has 1 amide bonds. The second-order valence-electron chi connectivity index (χ2n) is 7.14. The summed E-state index contributed by atoms with van der Waals surface area (Å²) in [5.74, 6) is 0.763. The molecule has 0 aliphatic heterocycles. The van der Waals surface area contributed by atoms with Crippen molar-refractivity contribution in [3.63, 3.8) is 0 Å². The summed E-state index contributed by atoms with van der Waals surface area (Å²) in [4.78, 5) is 12.4. The Morgan fingerprint density at radius 3 is 2.40 bits per heavy atom. The molecule has 1 aromatic carbocycles. The number of nitrogens with one attached hydrogen (secondary N) is 1. The lowest BCUT2D eigenvalue weighted by atomic mass is 9.69. The minimum Gasteiger partial charge on any atom is -0.349 e. The second kappa shape index (κ2) is 4.49. The van der Waals surface area contributed by atoms with Gasteiger partial charge in [-0.2, -0.15) is 0 Å². The molecule has 0 spiro atoms. The van der Waals surface area contributed by atoms with E-state index in [4.69, 9.17) is 11.6 Å². The van der Waals surface area contributed by atoms with Crippen molar-refractivity contribution in [2.75, 3.05) is 0 Å². The number of halogens is 1. The summed E-state index contributed by atoms with van der Waals surface area (Å²) < 4.78 is 0. The Labute approximate surface area is 125 Å². The molecule has 2 nitrogen and oxygen atoms in total. The van der Waals surface area contributed by atoms with Gasteiger partial charge in [0.05, 0.1) is 0 Å². The van der Waals surface area contributed by atoms with E-state index in [9.17, 15) is 4.79 Å². The fourth-order valence-electron chi connectivity index (χ4n) is 4.26. The number of fused-ring (bicyclic) bond motifs is 2. The van der Waals surface area contributed by atoms with Gasteiger partial charge in [0.25, 0.3) is 5.91 Å². The van der Waals surface area contributed by atoms with Gasteiger partial charge in [-0.1, -0.05) is 32.4 Å². The number of amides is 1. The van der Waals surface area contributed by atoms with Crippen LogP contribution in [-0.4, -0.2) is 11.9 Å². The zero-order valence-electron chi connectivity index (χ0n) is 12.4. The van der Waals surface area contributed by atoms with Gasteiger partial charge >= 0.3 is 0 Å². The van der Waals surface area contributed by atoms with Gasteiger partial charge in [-0.25, -0.2) is 0 Å². The highest BCUT2D eigenvalue weighted by atomic mass is 35.5. The standard InChI is InChI=1S/C17H22ClNO/c1-16(2)12-8-9-17(16,3)14(10-12)19-15(20)11-4-6-13(18)7-5-11/h4-7,12,14H,8-10H2,1-3H3,(H,19,20). The Bertz CT molecular complexity index is 536. The predicted octanol–water partition coefficient (Wildman–Crippen LogP) is 4.28. The van der Waals surface area contributed by atoms with E-state index in [1.807, 2.05) is 0 Å². The first-order valence-corrected chi connectivity index (χ1v) is 7.79. The molecule has 2 bridgehead atoms. The maximum Gasteiger partial charge on any atom is 0.251 e. The molecule has 20 heavy (non-hydrogen) atoms. The number of rotatable bonds is 2. The lowest BCUT2D eigenvalue weighted by Crippen LogP contribution is -2.46. The highest BCUT2D eigenvalue weighted by molar-refractivity contribution is 6.30. The number of carbonyl (C=O) groups is 1. The quantitative estimate of drug-likeness (QED) is 0.865. The number of hydrogen-bond acceptors (Lipinski definition) is 1. The molecule has 2 aliphatic carbocycles. The summed E-state index contributed by atoms with van der Waals surface area (Å²) in [5, 5.41) is 3.92.